The molecule has 2 N–H and O–H groups in total. The lowest BCUT2D eigenvalue weighted by atomic mass is 9.96. The van der Waals surface area contributed by atoms with E-state index in [0.29, 0.717) is 16.8 Å². The summed E-state index contributed by atoms with van der Waals surface area (Å²) in [6.45, 7) is 0. The second kappa shape index (κ2) is 6.10. The number of amides is 1. The highest BCUT2D eigenvalue weighted by Gasteiger charge is 2.15. The van der Waals surface area contributed by atoms with E-state index in [1.165, 1.54) is 32.1 Å². The predicted molar refractivity (Wildman–Crippen MR) is 69.4 cm³/mol. The zero-order valence-corrected chi connectivity index (χ0v) is 10.7. The van der Waals surface area contributed by atoms with Crippen LogP contribution >= 0.6 is 11.6 Å². The van der Waals surface area contributed by atoms with Crippen molar-refractivity contribution in [3.8, 4) is 0 Å². The summed E-state index contributed by atoms with van der Waals surface area (Å²) in [5.41, 5.74) is 0.553. The molecule has 17 heavy (non-hydrogen) atoms. The number of halogens is 1. The Morgan fingerprint density at radius 3 is 2.47 bits per heavy atom. The zero-order chi connectivity index (χ0) is 12.1. The van der Waals surface area contributed by atoms with Gasteiger partial charge < -0.3 is 10.3 Å². The van der Waals surface area contributed by atoms with E-state index in [4.69, 9.17) is 11.6 Å². The normalized spacial score (nSPS) is 18.4. The quantitative estimate of drug-likeness (QED) is 0.834. The standard InChI is InChI=1S/C13H19ClN2O/c14-10-8-12(15-9-10)13(17)16-11-6-4-2-1-3-5-7-11/h8-9,11,15H,1-7H2,(H,16,17). The number of carbonyl (C=O) groups is 1. The maximum absolute atomic E-state index is 11.9. The lowest BCUT2D eigenvalue weighted by molar-refractivity contribution is 0.0926. The molecule has 0 radical (unpaired) electrons. The van der Waals surface area contributed by atoms with E-state index in [0.717, 1.165) is 12.8 Å². The van der Waals surface area contributed by atoms with Crippen molar-refractivity contribution in [1.82, 2.24) is 10.3 Å². The van der Waals surface area contributed by atoms with Gasteiger partial charge in [0.2, 0.25) is 0 Å². The van der Waals surface area contributed by atoms with Crippen LogP contribution in [-0.4, -0.2) is 16.9 Å². The molecule has 1 saturated carbocycles. The van der Waals surface area contributed by atoms with Crippen molar-refractivity contribution in [2.75, 3.05) is 0 Å². The highest BCUT2D eigenvalue weighted by atomic mass is 35.5. The highest BCUT2D eigenvalue weighted by Crippen LogP contribution is 2.17. The molecule has 0 aliphatic heterocycles. The van der Waals surface area contributed by atoms with Crippen molar-refractivity contribution in [3.05, 3.63) is 23.0 Å². The van der Waals surface area contributed by atoms with Crippen LogP contribution in [0.1, 0.15) is 55.4 Å². The summed E-state index contributed by atoms with van der Waals surface area (Å²) in [4.78, 5) is 14.8. The third-order valence-electron chi connectivity index (χ3n) is 3.33. The smallest absolute Gasteiger partial charge is 0.267 e. The average molecular weight is 255 g/mol. The number of carbonyl (C=O) groups excluding carboxylic acids is 1. The van der Waals surface area contributed by atoms with Crippen LogP contribution in [0.5, 0.6) is 0 Å². The second-order valence-electron chi connectivity index (χ2n) is 4.75. The molecule has 0 aromatic carbocycles. The first-order valence-corrected chi connectivity index (χ1v) is 6.78. The largest absolute Gasteiger partial charge is 0.356 e. The summed E-state index contributed by atoms with van der Waals surface area (Å²) < 4.78 is 0. The molecule has 0 unspecified atom stereocenters. The SMILES string of the molecule is O=C(NC1CCCCCCC1)c1cc(Cl)c[nH]1. The Hall–Kier alpha value is -0.960. The van der Waals surface area contributed by atoms with Crippen LogP contribution in [0.4, 0.5) is 0 Å². The summed E-state index contributed by atoms with van der Waals surface area (Å²) in [5, 5.41) is 3.66. The Morgan fingerprint density at radius 1 is 1.24 bits per heavy atom. The van der Waals surface area contributed by atoms with Crippen LogP contribution in [0.15, 0.2) is 12.3 Å². The van der Waals surface area contributed by atoms with Crippen molar-refractivity contribution in [1.29, 1.82) is 0 Å². The molecule has 2 rings (SSSR count). The first kappa shape index (κ1) is 12.5. The van der Waals surface area contributed by atoms with Crippen LogP contribution in [0.2, 0.25) is 5.02 Å². The molecule has 0 spiro atoms. The predicted octanol–water partition coefficient (Wildman–Crippen LogP) is 3.51. The fourth-order valence-electron chi connectivity index (χ4n) is 2.36. The van der Waals surface area contributed by atoms with E-state index < -0.39 is 0 Å². The van der Waals surface area contributed by atoms with Crippen molar-refractivity contribution < 1.29 is 4.79 Å². The van der Waals surface area contributed by atoms with Gasteiger partial charge in [-0.3, -0.25) is 4.79 Å². The number of hydrogen-bond donors (Lipinski definition) is 2. The van der Waals surface area contributed by atoms with Crippen LogP contribution in [0, 0.1) is 0 Å². The van der Waals surface area contributed by atoms with E-state index >= 15 is 0 Å². The summed E-state index contributed by atoms with van der Waals surface area (Å²) >= 11 is 5.78. The third-order valence-corrected chi connectivity index (χ3v) is 3.55. The lowest BCUT2D eigenvalue weighted by Gasteiger charge is -2.20. The minimum absolute atomic E-state index is 0.0394. The fourth-order valence-corrected chi connectivity index (χ4v) is 2.53. The zero-order valence-electron chi connectivity index (χ0n) is 9.97. The maximum Gasteiger partial charge on any atom is 0.267 e. The van der Waals surface area contributed by atoms with Crippen molar-refractivity contribution in [2.24, 2.45) is 0 Å². The summed E-state index contributed by atoms with van der Waals surface area (Å²) in [6, 6.07) is 1.99. The van der Waals surface area contributed by atoms with Gasteiger partial charge in [0.1, 0.15) is 5.69 Å². The lowest BCUT2D eigenvalue weighted by Crippen LogP contribution is -2.35. The Kier molecular flexibility index (Phi) is 4.49. The molecule has 1 heterocycles. The summed E-state index contributed by atoms with van der Waals surface area (Å²) in [7, 11) is 0. The van der Waals surface area contributed by atoms with E-state index in [9.17, 15) is 4.79 Å². The average Bonchev–Trinajstić information content (AvgIpc) is 2.68. The summed E-state index contributed by atoms with van der Waals surface area (Å²) in [6.07, 6.45) is 10.2. The van der Waals surface area contributed by atoms with Gasteiger partial charge in [0, 0.05) is 12.2 Å². The van der Waals surface area contributed by atoms with Crippen molar-refractivity contribution in [2.45, 2.75) is 51.0 Å². The number of rotatable bonds is 2. The van der Waals surface area contributed by atoms with Crippen LogP contribution < -0.4 is 5.32 Å². The third kappa shape index (κ3) is 3.77. The van der Waals surface area contributed by atoms with Crippen molar-refractivity contribution in [3.63, 3.8) is 0 Å². The van der Waals surface area contributed by atoms with Crippen LogP contribution in [-0.2, 0) is 0 Å². The van der Waals surface area contributed by atoms with Gasteiger partial charge in [-0.1, -0.05) is 43.7 Å². The molecule has 0 saturated heterocycles. The Bertz CT molecular complexity index is 367. The van der Waals surface area contributed by atoms with E-state index in [2.05, 4.69) is 10.3 Å². The highest BCUT2D eigenvalue weighted by molar-refractivity contribution is 6.30. The number of hydrogen-bond acceptors (Lipinski definition) is 1. The molecule has 0 atom stereocenters. The van der Waals surface area contributed by atoms with E-state index in [1.54, 1.807) is 12.3 Å². The maximum atomic E-state index is 11.9. The molecule has 1 fully saturated rings. The van der Waals surface area contributed by atoms with Gasteiger partial charge in [-0.25, -0.2) is 0 Å². The number of nitrogens with one attached hydrogen (secondary N) is 2. The molecule has 1 aromatic rings. The first-order chi connectivity index (χ1) is 8.25. The Labute approximate surface area is 107 Å². The number of aromatic nitrogens is 1. The molecule has 3 nitrogen and oxygen atoms in total. The van der Waals surface area contributed by atoms with Crippen LogP contribution in [0.25, 0.3) is 0 Å². The van der Waals surface area contributed by atoms with Gasteiger partial charge in [-0.2, -0.15) is 0 Å². The molecule has 94 valence electrons. The minimum atomic E-state index is -0.0394. The second-order valence-corrected chi connectivity index (χ2v) is 5.18. The fraction of sp³-hybridized carbons (Fsp3) is 0.615. The minimum Gasteiger partial charge on any atom is -0.356 e. The van der Waals surface area contributed by atoms with E-state index in [-0.39, 0.29) is 5.91 Å². The molecule has 0 bridgehead atoms. The van der Waals surface area contributed by atoms with Crippen LogP contribution in [0.3, 0.4) is 0 Å². The first-order valence-electron chi connectivity index (χ1n) is 6.40. The topological polar surface area (TPSA) is 44.9 Å². The van der Waals surface area contributed by atoms with Gasteiger partial charge >= 0.3 is 0 Å². The number of aromatic amines is 1. The number of H-pyrrole nitrogens is 1. The monoisotopic (exact) mass is 254 g/mol. The van der Waals surface area contributed by atoms with Crippen molar-refractivity contribution >= 4 is 17.5 Å². The van der Waals surface area contributed by atoms with Gasteiger partial charge in [0.05, 0.1) is 5.02 Å². The van der Waals surface area contributed by atoms with Gasteiger partial charge in [0.25, 0.3) is 5.91 Å². The molecule has 4 heteroatoms. The molecule has 1 aliphatic rings. The molecular formula is C13H19ClN2O. The van der Waals surface area contributed by atoms with Gasteiger partial charge in [-0.15, -0.1) is 0 Å². The molecule has 1 amide bonds. The van der Waals surface area contributed by atoms with E-state index in [1.807, 2.05) is 0 Å². The Balaban J connectivity index is 1.88. The van der Waals surface area contributed by atoms with Gasteiger partial charge in [0.15, 0.2) is 0 Å². The molecule has 1 aliphatic carbocycles. The molecule has 1 aromatic heterocycles. The summed E-state index contributed by atoms with van der Waals surface area (Å²) in [5.74, 6) is -0.0394. The van der Waals surface area contributed by atoms with Gasteiger partial charge in [-0.05, 0) is 18.9 Å². The molecular weight excluding hydrogens is 236 g/mol. The Morgan fingerprint density at radius 2 is 1.88 bits per heavy atom.